The van der Waals surface area contributed by atoms with E-state index in [1.165, 1.54) is 32.4 Å². The molecule has 0 aliphatic carbocycles. The quantitative estimate of drug-likeness (QED) is 0.918. The summed E-state index contributed by atoms with van der Waals surface area (Å²) in [5, 5.41) is 7.29. The molecule has 2 aliphatic heterocycles. The minimum absolute atomic E-state index is 0.0727. The normalized spacial score (nSPS) is 24.4. The van der Waals surface area contributed by atoms with Crippen LogP contribution in [-0.4, -0.2) is 63.9 Å². The second-order valence-electron chi connectivity index (χ2n) is 6.56. The Morgan fingerprint density at radius 1 is 1.32 bits per heavy atom. The average Bonchev–Trinajstić information content (AvgIpc) is 3.20. The summed E-state index contributed by atoms with van der Waals surface area (Å²) in [5.74, 6) is 0. The lowest BCUT2D eigenvalue weighted by Gasteiger charge is -2.38. The minimum atomic E-state index is 0.0727. The highest BCUT2D eigenvalue weighted by Gasteiger charge is 2.29. The summed E-state index contributed by atoms with van der Waals surface area (Å²) in [5.41, 5.74) is 0. The van der Waals surface area contributed by atoms with Gasteiger partial charge in [0.05, 0.1) is 6.54 Å². The molecule has 0 radical (unpaired) electrons. The summed E-state index contributed by atoms with van der Waals surface area (Å²) in [6.45, 7) is 6.90. The maximum absolute atomic E-state index is 12.5. The molecule has 22 heavy (non-hydrogen) atoms. The van der Waals surface area contributed by atoms with Crippen molar-refractivity contribution in [2.45, 2.75) is 51.2 Å². The van der Waals surface area contributed by atoms with Crippen molar-refractivity contribution in [3.05, 3.63) is 18.5 Å². The van der Waals surface area contributed by atoms with Crippen LogP contribution in [0, 0.1) is 0 Å². The van der Waals surface area contributed by atoms with Gasteiger partial charge in [-0.1, -0.05) is 0 Å². The largest absolute Gasteiger partial charge is 0.334 e. The number of hydrogen-bond donors (Lipinski definition) is 1. The number of carbonyl (C=O) groups is 1. The number of nitrogens with one attached hydrogen (secondary N) is 1. The van der Waals surface area contributed by atoms with Gasteiger partial charge >= 0.3 is 6.03 Å². The zero-order valence-electron chi connectivity index (χ0n) is 13.4. The number of nitrogens with zero attached hydrogens (tertiary/aromatic N) is 4. The monoisotopic (exact) mass is 305 g/mol. The zero-order chi connectivity index (χ0) is 15.4. The molecule has 3 heterocycles. The van der Waals surface area contributed by atoms with Crippen LogP contribution in [0.4, 0.5) is 4.79 Å². The second kappa shape index (κ2) is 7.13. The van der Waals surface area contributed by atoms with E-state index < -0.39 is 0 Å². The lowest BCUT2D eigenvalue weighted by atomic mass is 10.0. The van der Waals surface area contributed by atoms with Gasteiger partial charge in [-0.2, -0.15) is 5.10 Å². The molecule has 2 fully saturated rings. The van der Waals surface area contributed by atoms with Gasteiger partial charge in [0.25, 0.3) is 0 Å². The first-order chi connectivity index (χ1) is 10.7. The predicted octanol–water partition coefficient (Wildman–Crippen LogP) is 1.54. The number of urea groups is 1. The van der Waals surface area contributed by atoms with Crippen LogP contribution >= 0.6 is 0 Å². The Morgan fingerprint density at radius 3 is 2.86 bits per heavy atom. The molecule has 1 aromatic heterocycles. The molecular formula is C16H27N5O. The highest BCUT2D eigenvalue weighted by Crippen LogP contribution is 2.20. The van der Waals surface area contributed by atoms with E-state index in [2.05, 4.69) is 15.3 Å². The smallest absolute Gasteiger partial charge is 0.317 e. The fraction of sp³-hybridized carbons (Fsp3) is 0.750. The Morgan fingerprint density at radius 2 is 2.14 bits per heavy atom. The van der Waals surface area contributed by atoms with E-state index in [0.29, 0.717) is 12.6 Å². The average molecular weight is 305 g/mol. The van der Waals surface area contributed by atoms with Crippen LogP contribution in [0.1, 0.15) is 32.6 Å². The lowest BCUT2D eigenvalue weighted by molar-refractivity contribution is 0.123. The Bertz CT molecular complexity index is 469. The van der Waals surface area contributed by atoms with Crippen molar-refractivity contribution in [2.75, 3.05) is 26.2 Å². The van der Waals surface area contributed by atoms with Crippen molar-refractivity contribution in [1.82, 2.24) is 24.9 Å². The Balaban J connectivity index is 1.48. The molecule has 2 amide bonds. The third-order valence-corrected chi connectivity index (χ3v) is 4.73. The van der Waals surface area contributed by atoms with Crippen molar-refractivity contribution in [2.24, 2.45) is 0 Å². The van der Waals surface area contributed by atoms with Gasteiger partial charge in [-0.05, 0) is 51.8 Å². The maximum Gasteiger partial charge on any atom is 0.317 e. The molecule has 0 aromatic carbocycles. The van der Waals surface area contributed by atoms with E-state index in [1.807, 2.05) is 28.8 Å². The minimum Gasteiger partial charge on any atom is -0.334 e. The number of amides is 2. The molecule has 2 aliphatic rings. The Kier molecular flexibility index (Phi) is 4.97. The number of carbonyl (C=O) groups excluding carboxylic acids is 1. The van der Waals surface area contributed by atoms with E-state index in [1.54, 1.807) is 6.20 Å². The highest BCUT2D eigenvalue weighted by atomic mass is 16.2. The summed E-state index contributed by atoms with van der Waals surface area (Å²) < 4.78 is 1.86. The second-order valence-corrected chi connectivity index (χ2v) is 6.56. The zero-order valence-corrected chi connectivity index (χ0v) is 13.4. The molecule has 1 aromatic rings. The van der Waals surface area contributed by atoms with Gasteiger partial charge in [0, 0.05) is 37.6 Å². The van der Waals surface area contributed by atoms with Gasteiger partial charge in [0.2, 0.25) is 0 Å². The lowest BCUT2D eigenvalue weighted by Crippen LogP contribution is -2.53. The first kappa shape index (κ1) is 15.3. The molecule has 3 rings (SSSR count). The molecule has 122 valence electrons. The van der Waals surface area contributed by atoms with Gasteiger partial charge in [-0.25, -0.2) is 4.79 Å². The summed E-state index contributed by atoms with van der Waals surface area (Å²) in [7, 11) is 0. The van der Waals surface area contributed by atoms with Gasteiger partial charge in [-0.3, -0.25) is 9.58 Å². The first-order valence-corrected chi connectivity index (χ1v) is 8.49. The highest BCUT2D eigenvalue weighted by molar-refractivity contribution is 5.74. The first-order valence-electron chi connectivity index (χ1n) is 8.49. The van der Waals surface area contributed by atoms with Crippen molar-refractivity contribution in [1.29, 1.82) is 0 Å². The van der Waals surface area contributed by atoms with Gasteiger partial charge in [0.1, 0.15) is 0 Å². The Hall–Kier alpha value is -1.56. The predicted molar refractivity (Wildman–Crippen MR) is 85.6 cm³/mol. The number of rotatable bonds is 4. The van der Waals surface area contributed by atoms with Crippen molar-refractivity contribution >= 4 is 6.03 Å². The van der Waals surface area contributed by atoms with Crippen molar-refractivity contribution < 1.29 is 4.79 Å². The molecule has 2 saturated heterocycles. The van der Waals surface area contributed by atoms with Gasteiger partial charge in [0.15, 0.2) is 0 Å². The van der Waals surface area contributed by atoms with Crippen LogP contribution in [0.2, 0.25) is 0 Å². The number of hydrogen-bond acceptors (Lipinski definition) is 3. The van der Waals surface area contributed by atoms with E-state index in [0.717, 1.165) is 19.5 Å². The van der Waals surface area contributed by atoms with Gasteiger partial charge in [-0.15, -0.1) is 0 Å². The molecule has 2 atom stereocenters. The summed E-state index contributed by atoms with van der Waals surface area (Å²) in [6, 6.07) is 2.62. The third kappa shape index (κ3) is 3.80. The molecule has 0 saturated carbocycles. The maximum atomic E-state index is 12.5. The molecule has 0 spiro atoms. The van der Waals surface area contributed by atoms with Crippen molar-refractivity contribution in [3.63, 3.8) is 0 Å². The van der Waals surface area contributed by atoms with Crippen LogP contribution in [0.5, 0.6) is 0 Å². The topological polar surface area (TPSA) is 53.4 Å². The van der Waals surface area contributed by atoms with Crippen molar-refractivity contribution in [3.8, 4) is 0 Å². The fourth-order valence-electron chi connectivity index (χ4n) is 3.58. The van der Waals surface area contributed by atoms with Crippen LogP contribution < -0.4 is 5.32 Å². The van der Waals surface area contributed by atoms with E-state index >= 15 is 0 Å². The number of aromatic nitrogens is 2. The van der Waals surface area contributed by atoms with Crippen LogP contribution in [0.3, 0.4) is 0 Å². The molecular weight excluding hydrogens is 278 g/mol. The number of likely N-dealkylation sites (tertiary alicyclic amines) is 2. The van der Waals surface area contributed by atoms with E-state index in [-0.39, 0.29) is 12.1 Å². The third-order valence-electron chi connectivity index (χ3n) is 4.73. The fourth-order valence-corrected chi connectivity index (χ4v) is 3.58. The van der Waals surface area contributed by atoms with E-state index in [9.17, 15) is 4.79 Å². The molecule has 2 unspecified atom stereocenters. The summed E-state index contributed by atoms with van der Waals surface area (Å²) >= 11 is 0. The van der Waals surface area contributed by atoms with Gasteiger partial charge < -0.3 is 10.2 Å². The summed E-state index contributed by atoms with van der Waals surface area (Å²) in [4.78, 5) is 17.0. The van der Waals surface area contributed by atoms with E-state index in [4.69, 9.17) is 0 Å². The molecule has 6 nitrogen and oxygen atoms in total. The van der Waals surface area contributed by atoms with Crippen LogP contribution in [0.25, 0.3) is 0 Å². The SMILES string of the molecule is CC(Cn1cccn1)NC(=O)N1CCCC(N2CCCC2)C1. The standard InChI is InChI=1S/C16H27N5O/c1-14(12-21-11-5-7-17-21)18-16(22)20-10-4-6-15(13-20)19-8-2-3-9-19/h5,7,11,14-15H,2-4,6,8-10,12-13H2,1H3,(H,18,22). The molecule has 1 N–H and O–H groups in total. The van der Waals surface area contributed by atoms with Crippen LogP contribution in [0.15, 0.2) is 18.5 Å². The number of piperidine rings is 1. The molecule has 6 heteroatoms. The van der Waals surface area contributed by atoms with Crippen LogP contribution in [-0.2, 0) is 6.54 Å². The Labute approximate surface area is 132 Å². The summed E-state index contributed by atoms with van der Waals surface area (Å²) in [6.07, 6.45) is 8.65. The molecule has 0 bridgehead atoms.